The van der Waals surface area contributed by atoms with Gasteiger partial charge in [-0.05, 0) is 18.2 Å². The predicted octanol–water partition coefficient (Wildman–Crippen LogP) is 1.24. The number of aldehydes is 1. The van der Waals surface area contributed by atoms with Crippen molar-refractivity contribution in [3.8, 4) is 5.75 Å². The van der Waals surface area contributed by atoms with E-state index in [-0.39, 0.29) is 6.54 Å². The maximum absolute atomic E-state index is 11.6. The molecule has 0 fully saturated rings. The number of nitrogens with zero attached hydrogens (tertiary/aromatic N) is 2. The van der Waals surface area contributed by atoms with Crippen LogP contribution in [0.2, 0.25) is 0 Å². The van der Waals surface area contributed by atoms with Crippen LogP contribution >= 0.6 is 0 Å². The third kappa shape index (κ3) is 3.95. The van der Waals surface area contributed by atoms with Gasteiger partial charge in [0, 0.05) is 12.4 Å². The highest BCUT2D eigenvalue weighted by Crippen LogP contribution is 2.08. The summed E-state index contributed by atoms with van der Waals surface area (Å²) in [6, 6.07) is 9.69. The number of carbonyl (C=O) groups is 2. The number of para-hydroxylation sites is 1. The maximum atomic E-state index is 11.6. The van der Waals surface area contributed by atoms with Gasteiger partial charge in [0.05, 0.1) is 6.54 Å². The fourth-order valence-electron chi connectivity index (χ4n) is 1.51. The molecule has 6 nitrogen and oxygen atoms in total. The van der Waals surface area contributed by atoms with E-state index in [4.69, 9.17) is 4.74 Å². The summed E-state index contributed by atoms with van der Waals surface area (Å²) in [5.41, 5.74) is 0. The summed E-state index contributed by atoms with van der Waals surface area (Å²) < 4.78 is 6.58. The molecule has 1 heterocycles. The first-order valence-electron chi connectivity index (χ1n) is 5.74. The zero-order valence-corrected chi connectivity index (χ0v) is 10.1. The average molecular weight is 259 g/mol. The van der Waals surface area contributed by atoms with Crippen molar-refractivity contribution in [2.75, 3.05) is 0 Å². The normalized spacial score (nSPS) is 11.6. The largest absolute Gasteiger partial charge is 0.413 e. The number of aromatic nitrogens is 2. The van der Waals surface area contributed by atoms with Gasteiger partial charge >= 0.3 is 6.09 Å². The van der Waals surface area contributed by atoms with Gasteiger partial charge in [-0.15, -0.1) is 0 Å². The molecular weight excluding hydrogens is 246 g/mol. The number of ether oxygens (including phenoxy) is 1. The first kappa shape index (κ1) is 12.8. The molecule has 0 saturated heterocycles. The highest BCUT2D eigenvalue weighted by molar-refractivity contribution is 5.75. The Hall–Kier alpha value is -2.63. The lowest BCUT2D eigenvalue weighted by atomic mass is 10.3. The Labute approximate surface area is 110 Å². The van der Waals surface area contributed by atoms with Crippen molar-refractivity contribution in [1.82, 2.24) is 15.1 Å². The predicted molar refractivity (Wildman–Crippen MR) is 67.7 cm³/mol. The first-order valence-corrected chi connectivity index (χ1v) is 5.74. The molecule has 6 heteroatoms. The Morgan fingerprint density at radius 1 is 1.37 bits per heavy atom. The molecule has 1 aromatic heterocycles. The summed E-state index contributed by atoms with van der Waals surface area (Å²) in [5, 5.41) is 6.42. The molecule has 1 N–H and O–H groups in total. The zero-order valence-electron chi connectivity index (χ0n) is 10.1. The van der Waals surface area contributed by atoms with E-state index in [1.165, 1.54) is 0 Å². The van der Waals surface area contributed by atoms with Crippen molar-refractivity contribution in [3.05, 3.63) is 48.8 Å². The average Bonchev–Trinajstić information content (AvgIpc) is 2.92. The number of hydrogen-bond donors (Lipinski definition) is 1. The van der Waals surface area contributed by atoms with E-state index >= 15 is 0 Å². The van der Waals surface area contributed by atoms with Crippen LogP contribution in [-0.4, -0.2) is 28.2 Å². The second kappa shape index (κ2) is 6.34. The maximum Gasteiger partial charge on any atom is 0.413 e. The van der Waals surface area contributed by atoms with Gasteiger partial charge in [0.1, 0.15) is 18.1 Å². The molecule has 1 atom stereocenters. The lowest BCUT2D eigenvalue weighted by Crippen LogP contribution is -2.40. The van der Waals surface area contributed by atoms with Crippen LogP contribution in [-0.2, 0) is 11.3 Å². The molecule has 98 valence electrons. The van der Waals surface area contributed by atoms with Crippen LogP contribution in [0.5, 0.6) is 5.75 Å². The van der Waals surface area contributed by atoms with Crippen molar-refractivity contribution in [3.63, 3.8) is 0 Å². The van der Waals surface area contributed by atoms with Crippen LogP contribution in [0.1, 0.15) is 0 Å². The molecule has 2 rings (SSSR count). The van der Waals surface area contributed by atoms with Crippen molar-refractivity contribution in [2.45, 2.75) is 12.6 Å². The van der Waals surface area contributed by atoms with Gasteiger partial charge in [0.2, 0.25) is 0 Å². The number of rotatable bonds is 5. The SMILES string of the molecule is O=C[C@H](Cn1cccn1)NC(=O)Oc1ccccc1. The second-order valence-electron chi connectivity index (χ2n) is 3.82. The van der Waals surface area contributed by atoms with Crippen molar-refractivity contribution < 1.29 is 14.3 Å². The molecule has 2 aromatic rings. The minimum Gasteiger partial charge on any atom is -0.410 e. The molecule has 0 radical (unpaired) electrons. The van der Waals surface area contributed by atoms with Crippen LogP contribution in [0.25, 0.3) is 0 Å². The fourth-order valence-corrected chi connectivity index (χ4v) is 1.51. The third-order valence-corrected chi connectivity index (χ3v) is 2.36. The molecule has 19 heavy (non-hydrogen) atoms. The Bertz CT molecular complexity index is 525. The van der Waals surface area contributed by atoms with E-state index in [1.807, 2.05) is 6.07 Å². The van der Waals surface area contributed by atoms with Crippen molar-refractivity contribution in [2.24, 2.45) is 0 Å². The van der Waals surface area contributed by atoms with E-state index in [2.05, 4.69) is 10.4 Å². The van der Waals surface area contributed by atoms with Crippen LogP contribution in [0, 0.1) is 0 Å². The van der Waals surface area contributed by atoms with Gasteiger partial charge in [-0.3, -0.25) is 4.68 Å². The number of hydrogen-bond acceptors (Lipinski definition) is 4. The summed E-state index contributed by atoms with van der Waals surface area (Å²) in [5.74, 6) is 0.420. The topological polar surface area (TPSA) is 73.2 Å². The molecule has 0 unspecified atom stereocenters. The molecule has 0 aliphatic carbocycles. The number of amides is 1. The second-order valence-corrected chi connectivity index (χ2v) is 3.82. The van der Waals surface area contributed by atoms with E-state index in [1.54, 1.807) is 47.4 Å². The van der Waals surface area contributed by atoms with E-state index < -0.39 is 12.1 Å². The smallest absolute Gasteiger partial charge is 0.410 e. The van der Waals surface area contributed by atoms with Gasteiger partial charge in [-0.25, -0.2) is 4.79 Å². The quantitative estimate of drug-likeness (QED) is 0.820. The molecule has 1 aromatic carbocycles. The third-order valence-electron chi connectivity index (χ3n) is 2.36. The van der Waals surface area contributed by atoms with Crippen LogP contribution < -0.4 is 10.1 Å². The summed E-state index contributed by atoms with van der Waals surface area (Å²) in [6.45, 7) is 0.264. The van der Waals surface area contributed by atoms with Crippen LogP contribution in [0.4, 0.5) is 4.79 Å². The number of nitrogens with one attached hydrogen (secondary N) is 1. The summed E-state index contributed by atoms with van der Waals surface area (Å²) in [6.07, 6.45) is 3.29. The van der Waals surface area contributed by atoms with Crippen LogP contribution in [0.15, 0.2) is 48.8 Å². The molecule has 0 bridgehead atoms. The van der Waals surface area contributed by atoms with Gasteiger partial charge in [-0.2, -0.15) is 5.10 Å². The van der Waals surface area contributed by atoms with Gasteiger partial charge in [0.25, 0.3) is 0 Å². The monoisotopic (exact) mass is 259 g/mol. The molecule has 0 spiro atoms. The highest BCUT2D eigenvalue weighted by Gasteiger charge is 2.13. The highest BCUT2D eigenvalue weighted by atomic mass is 16.6. The Morgan fingerprint density at radius 3 is 2.79 bits per heavy atom. The van der Waals surface area contributed by atoms with Crippen LogP contribution in [0.3, 0.4) is 0 Å². The van der Waals surface area contributed by atoms with E-state index in [0.717, 1.165) is 0 Å². The lowest BCUT2D eigenvalue weighted by molar-refractivity contribution is -0.109. The number of carbonyl (C=O) groups excluding carboxylic acids is 2. The standard InChI is InChI=1S/C13H13N3O3/c17-10-11(9-16-8-4-7-14-16)15-13(18)19-12-5-2-1-3-6-12/h1-8,10-11H,9H2,(H,15,18)/t11-/m0/s1. The number of benzene rings is 1. The van der Waals surface area contributed by atoms with Gasteiger partial charge in [-0.1, -0.05) is 18.2 Å². The fraction of sp³-hybridized carbons (Fsp3) is 0.154. The molecular formula is C13H13N3O3. The molecule has 0 aliphatic heterocycles. The first-order chi connectivity index (χ1) is 9.28. The molecule has 0 saturated carbocycles. The Balaban J connectivity index is 1.88. The molecule has 0 aliphatic rings. The van der Waals surface area contributed by atoms with E-state index in [0.29, 0.717) is 12.0 Å². The lowest BCUT2D eigenvalue weighted by Gasteiger charge is -2.12. The summed E-state index contributed by atoms with van der Waals surface area (Å²) in [4.78, 5) is 22.5. The Kier molecular flexibility index (Phi) is 4.28. The van der Waals surface area contributed by atoms with Crippen molar-refractivity contribution >= 4 is 12.4 Å². The van der Waals surface area contributed by atoms with Gasteiger partial charge < -0.3 is 14.8 Å². The zero-order chi connectivity index (χ0) is 13.5. The summed E-state index contributed by atoms with van der Waals surface area (Å²) in [7, 11) is 0. The minimum absolute atomic E-state index is 0.264. The minimum atomic E-state index is -0.684. The molecule has 1 amide bonds. The van der Waals surface area contributed by atoms with Crippen molar-refractivity contribution in [1.29, 1.82) is 0 Å². The Morgan fingerprint density at radius 2 is 2.16 bits per heavy atom. The van der Waals surface area contributed by atoms with E-state index in [9.17, 15) is 9.59 Å². The van der Waals surface area contributed by atoms with Gasteiger partial charge in [0.15, 0.2) is 0 Å². The summed E-state index contributed by atoms with van der Waals surface area (Å²) >= 11 is 0.